The predicted molar refractivity (Wildman–Crippen MR) is 108 cm³/mol. The first-order valence-corrected chi connectivity index (χ1v) is 9.69. The largest absolute Gasteiger partial charge is 0.493 e. The Morgan fingerprint density at radius 1 is 1.00 bits per heavy atom. The number of benzene rings is 2. The minimum atomic E-state index is -0.662. The highest BCUT2D eigenvalue weighted by molar-refractivity contribution is 7.08. The van der Waals surface area contributed by atoms with E-state index in [0.717, 1.165) is 28.9 Å². The van der Waals surface area contributed by atoms with E-state index >= 15 is 0 Å². The van der Waals surface area contributed by atoms with E-state index in [1.165, 1.54) is 11.8 Å². The van der Waals surface area contributed by atoms with Crippen molar-refractivity contribution in [3.63, 3.8) is 0 Å². The zero-order chi connectivity index (χ0) is 18.4. The molecule has 0 radical (unpaired) electrons. The van der Waals surface area contributed by atoms with Crippen molar-refractivity contribution >= 4 is 17.6 Å². The summed E-state index contributed by atoms with van der Waals surface area (Å²) >= 11 is 1.68. The van der Waals surface area contributed by atoms with Gasteiger partial charge >= 0.3 is 0 Å². The Hall–Kier alpha value is -2.43. The molecule has 0 spiro atoms. The van der Waals surface area contributed by atoms with Crippen LogP contribution in [0.1, 0.15) is 30.6 Å². The number of nitrogens with one attached hydrogen (secondary N) is 1. The molecule has 0 saturated carbocycles. The van der Waals surface area contributed by atoms with Crippen molar-refractivity contribution in [2.45, 2.75) is 19.4 Å². The van der Waals surface area contributed by atoms with Crippen LogP contribution in [0, 0.1) is 11.3 Å². The maximum Gasteiger partial charge on any atom is 0.119 e. The van der Waals surface area contributed by atoms with Crippen LogP contribution >= 0.6 is 11.3 Å². The van der Waals surface area contributed by atoms with Crippen LogP contribution in [0.25, 0.3) is 11.1 Å². The van der Waals surface area contributed by atoms with Crippen molar-refractivity contribution in [1.82, 2.24) is 0 Å². The van der Waals surface area contributed by atoms with E-state index in [-0.39, 0.29) is 5.92 Å². The van der Waals surface area contributed by atoms with Gasteiger partial charge in [0.2, 0.25) is 0 Å². The summed E-state index contributed by atoms with van der Waals surface area (Å²) in [5, 5.41) is 22.1. The van der Waals surface area contributed by atoms with E-state index < -0.39 is 6.10 Å². The zero-order valence-electron chi connectivity index (χ0n) is 14.8. The fourth-order valence-corrected chi connectivity index (χ4v) is 3.38. The lowest BCUT2D eigenvalue weighted by molar-refractivity contribution is 0.220. The Labute approximate surface area is 158 Å². The van der Waals surface area contributed by atoms with E-state index in [4.69, 9.17) is 10.1 Å². The summed E-state index contributed by atoms with van der Waals surface area (Å²) in [4.78, 5) is 0. The van der Waals surface area contributed by atoms with Crippen molar-refractivity contribution in [1.29, 1.82) is 5.41 Å². The van der Waals surface area contributed by atoms with Crippen molar-refractivity contribution in [3.05, 3.63) is 76.5 Å². The Balaban J connectivity index is 1.66. The third-order valence-electron chi connectivity index (χ3n) is 4.50. The van der Waals surface area contributed by atoms with E-state index in [1.807, 2.05) is 55.5 Å². The number of aliphatic hydroxyl groups excluding tert-OH is 1. The number of aliphatic hydroxyl groups is 1. The molecule has 1 unspecified atom stereocenters. The van der Waals surface area contributed by atoms with Crippen LogP contribution in [0.3, 0.4) is 0 Å². The zero-order valence-corrected chi connectivity index (χ0v) is 15.6. The van der Waals surface area contributed by atoms with Gasteiger partial charge in [-0.05, 0) is 57.6 Å². The normalized spacial score (nSPS) is 13.2. The topological polar surface area (TPSA) is 53.3 Å². The average Bonchev–Trinajstić information content (AvgIpc) is 3.24. The van der Waals surface area contributed by atoms with Gasteiger partial charge in [-0.1, -0.05) is 43.3 Å². The van der Waals surface area contributed by atoms with E-state index in [1.54, 1.807) is 11.3 Å². The Kier molecular flexibility index (Phi) is 6.21. The molecule has 0 aliphatic heterocycles. The quantitative estimate of drug-likeness (QED) is 0.514. The van der Waals surface area contributed by atoms with Gasteiger partial charge in [0.1, 0.15) is 11.9 Å². The van der Waals surface area contributed by atoms with Crippen molar-refractivity contribution in [2.75, 3.05) is 6.61 Å². The summed E-state index contributed by atoms with van der Waals surface area (Å²) in [7, 11) is 0. The van der Waals surface area contributed by atoms with Crippen LogP contribution in [-0.2, 0) is 0 Å². The highest BCUT2D eigenvalue weighted by Crippen LogP contribution is 2.27. The number of hydrogen-bond donors (Lipinski definition) is 2. The first-order valence-electron chi connectivity index (χ1n) is 8.75. The molecular weight excluding hydrogens is 342 g/mol. The van der Waals surface area contributed by atoms with Crippen molar-refractivity contribution in [2.24, 2.45) is 5.92 Å². The van der Waals surface area contributed by atoms with Crippen molar-refractivity contribution in [3.8, 4) is 16.9 Å². The van der Waals surface area contributed by atoms with Gasteiger partial charge in [0, 0.05) is 12.1 Å². The van der Waals surface area contributed by atoms with Gasteiger partial charge in [-0.2, -0.15) is 11.3 Å². The van der Waals surface area contributed by atoms with E-state index in [0.29, 0.717) is 6.61 Å². The van der Waals surface area contributed by atoms with E-state index in [2.05, 4.69) is 16.8 Å². The summed E-state index contributed by atoms with van der Waals surface area (Å²) in [6.07, 6.45) is 1.66. The molecule has 0 aliphatic carbocycles. The Morgan fingerprint density at radius 3 is 2.19 bits per heavy atom. The van der Waals surface area contributed by atoms with E-state index in [9.17, 15) is 5.11 Å². The molecule has 1 aromatic heterocycles. The molecule has 0 bridgehead atoms. The van der Waals surface area contributed by atoms with Gasteiger partial charge in [0.05, 0.1) is 6.61 Å². The van der Waals surface area contributed by atoms with Crippen LogP contribution in [0.5, 0.6) is 5.75 Å². The first kappa shape index (κ1) is 18.4. The second kappa shape index (κ2) is 8.79. The molecule has 2 N–H and O–H groups in total. The molecule has 0 saturated heterocycles. The summed E-state index contributed by atoms with van der Waals surface area (Å²) in [5.41, 5.74) is 4.06. The number of ether oxygens (including phenoxy) is 1. The molecule has 26 heavy (non-hydrogen) atoms. The Bertz CT molecular complexity index is 810. The molecule has 0 amide bonds. The Morgan fingerprint density at radius 2 is 1.65 bits per heavy atom. The van der Waals surface area contributed by atoms with Gasteiger partial charge in [0.25, 0.3) is 0 Å². The lowest BCUT2D eigenvalue weighted by atomic mass is 9.99. The minimum Gasteiger partial charge on any atom is -0.493 e. The fourth-order valence-electron chi connectivity index (χ4n) is 2.71. The lowest BCUT2D eigenvalue weighted by Crippen LogP contribution is -2.12. The van der Waals surface area contributed by atoms with Gasteiger partial charge in [-0.3, -0.25) is 0 Å². The molecule has 134 valence electrons. The molecule has 0 aliphatic rings. The third-order valence-corrected chi connectivity index (χ3v) is 5.18. The monoisotopic (exact) mass is 365 g/mol. The van der Waals surface area contributed by atoms with Crippen LogP contribution < -0.4 is 4.74 Å². The maximum atomic E-state index is 10.6. The molecule has 2 atom stereocenters. The second-order valence-corrected chi connectivity index (χ2v) is 7.03. The molecule has 3 nitrogen and oxygen atoms in total. The highest BCUT2D eigenvalue weighted by atomic mass is 32.1. The van der Waals surface area contributed by atoms with Crippen LogP contribution in [0.2, 0.25) is 0 Å². The molecule has 3 aromatic rings. The molecular formula is C22H23NO2S. The lowest BCUT2D eigenvalue weighted by Gasteiger charge is -2.14. The number of thiophene rings is 1. The van der Waals surface area contributed by atoms with Gasteiger partial charge in [0.15, 0.2) is 0 Å². The van der Waals surface area contributed by atoms with Crippen LogP contribution in [0.4, 0.5) is 0 Å². The van der Waals surface area contributed by atoms with Crippen molar-refractivity contribution < 1.29 is 9.84 Å². The molecule has 0 fully saturated rings. The van der Waals surface area contributed by atoms with Gasteiger partial charge < -0.3 is 15.3 Å². The summed E-state index contributed by atoms with van der Waals surface area (Å²) in [5.74, 6) is 0.899. The van der Waals surface area contributed by atoms with Crippen LogP contribution in [-0.4, -0.2) is 17.9 Å². The predicted octanol–water partition coefficient (Wildman–Crippen LogP) is 5.55. The average molecular weight is 365 g/mol. The van der Waals surface area contributed by atoms with Gasteiger partial charge in [-0.25, -0.2) is 0 Å². The fraction of sp³-hybridized carbons (Fsp3) is 0.227. The molecule has 1 heterocycles. The molecule has 3 rings (SSSR count). The number of rotatable bonds is 8. The standard InChI is InChI=1S/C22H23NO2S/c1-2-16(13-23)14-25-21-9-7-19(8-10-21)22(24)18-5-3-17(4-6-18)20-11-12-26-15-20/h3-13,15-16,22-24H,2,14H2,1H3/t16-,22?/m1/s1. The summed E-state index contributed by atoms with van der Waals surface area (Å²) in [6.45, 7) is 2.55. The molecule has 2 aromatic carbocycles. The number of hydrogen-bond acceptors (Lipinski definition) is 4. The summed E-state index contributed by atoms with van der Waals surface area (Å²) < 4.78 is 5.72. The smallest absolute Gasteiger partial charge is 0.119 e. The van der Waals surface area contributed by atoms with Crippen LogP contribution in [0.15, 0.2) is 65.4 Å². The summed E-state index contributed by atoms with van der Waals surface area (Å²) in [6, 6.07) is 17.6. The highest BCUT2D eigenvalue weighted by Gasteiger charge is 2.11. The second-order valence-electron chi connectivity index (χ2n) is 6.25. The SMILES string of the molecule is CC[C@H](C=N)COc1ccc(C(O)c2ccc(-c3ccsc3)cc2)cc1. The minimum absolute atomic E-state index is 0.141. The molecule has 4 heteroatoms. The first-order chi connectivity index (χ1) is 12.7. The van der Waals surface area contributed by atoms with Gasteiger partial charge in [-0.15, -0.1) is 0 Å². The maximum absolute atomic E-state index is 10.6. The third kappa shape index (κ3) is 4.40.